The Morgan fingerprint density at radius 1 is 0.514 bits per heavy atom. The van der Waals surface area contributed by atoms with E-state index < -0.39 is 24.4 Å². The van der Waals surface area contributed by atoms with Gasteiger partial charge in [0.25, 0.3) is 0 Å². The van der Waals surface area contributed by atoms with Crippen molar-refractivity contribution in [3.63, 3.8) is 0 Å². The van der Waals surface area contributed by atoms with Gasteiger partial charge in [0, 0.05) is 102 Å². The van der Waals surface area contributed by atoms with E-state index in [1.54, 1.807) is 0 Å². The molecule has 0 bridgehead atoms. The maximum atomic E-state index is 11.3. The molecule has 1 rings (SSSR count). The van der Waals surface area contributed by atoms with Crippen LogP contribution in [0.3, 0.4) is 0 Å². The van der Waals surface area contributed by atoms with Gasteiger partial charge in [0.1, 0.15) is 17.3 Å². The molecular weight excluding hydrogens is 531 g/mol. The highest BCUT2D eigenvalue weighted by atomic mass is 31.1. The van der Waals surface area contributed by atoms with Crippen LogP contribution in [0, 0.1) is 0 Å². The summed E-state index contributed by atoms with van der Waals surface area (Å²) in [7, 11) is -3.75. The van der Waals surface area contributed by atoms with Crippen LogP contribution in [0.25, 0.3) is 0 Å². The van der Waals surface area contributed by atoms with Gasteiger partial charge in [-0.3, -0.25) is 14.7 Å². The highest BCUT2D eigenvalue weighted by Gasteiger charge is 2.22. The molecule has 1 heterocycles. The zero-order chi connectivity index (χ0) is 28.8. The zero-order valence-corrected chi connectivity index (χ0v) is 27.0. The van der Waals surface area contributed by atoms with Gasteiger partial charge < -0.3 is 29.1 Å². The molecule has 0 aromatic rings. The van der Waals surface area contributed by atoms with Crippen LogP contribution >= 0.6 is 24.4 Å². The van der Waals surface area contributed by atoms with Crippen molar-refractivity contribution in [2.24, 2.45) is 0 Å². The molecule has 12 heteroatoms. The number of carbonyl (C=O) groups excluding carboxylic acids is 3. The number of nitrogens with zero attached hydrogens (tertiary/aromatic N) is 3. The van der Waals surface area contributed by atoms with Crippen molar-refractivity contribution < 1.29 is 29.1 Å². The summed E-state index contributed by atoms with van der Waals surface area (Å²) in [6, 6.07) is 0. The van der Waals surface area contributed by atoms with Crippen molar-refractivity contribution in [3.8, 4) is 0 Å². The number of Topliss-reactive ketones (excluding diaryl/α,β-unsaturated/α-hetero) is 3. The molecule has 1 saturated heterocycles. The molecule has 0 radical (unpaired) electrons. The lowest BCUT2D eigenvalue weighted by Crippen LogP contribution is -2.36. The van der Waals surface area contributed by atoms with E-state index in [1.165, 1.54) is 20.8 Å². The molecule has 3 N–H and O–H groups in total. The van der Waals surface area contributed by atoms with E-state index in [1.807, 2.05) is 27.7 Å². The summed E-state index contributed by atoms with van der Waals surface area (Å²) in [5.74, 6) is 0.256. The molecule has 0 spiro atoms. The molecule has 1 aliphatic heterocycles. The largest absolute Gasteiger partial charge is 0.372 e. The van der Waals surface area contributed by atoms with Gasteiger partial charge in [-0.2, -0.15) is 0 Å². The van der Waals surface area contributed by atoms with Crippen molar-refractivity contribution >= 4 is 41.8 Å². The fourth-order valence-corrected chi connectivity index (χ4v) is 7.75. The smallest absolute Gasteiger partial charge is 0.130 e. The minimum absolute atomic E-state index is 0.0853. The van der Waals surface area contributed by atoms with E-state index in [4.69, 9.17) is 0 Å². The van der Waals surface area contributed by atoms with Crippen molar-refractivity contribution in [2.45, 2.75) is 67.7 Å². The third-order valence-electron chi connectivity index (χ3n) is 5.45. The van der Waals surface area contributed by atoms with E-state index in [0.717, 1.165) is 39.3 Å². The van der Waals surface area contributed by atoms with Crippen molar-refractivity contribution in [2.75, 3.05) is 76.6 Å². The maximum Gasteiger partial charge on any atom is 0.130 e. The molecule has 220 valence electrons. The van der Waals surface area contributed by atoms with Gasteiger partial charge in [-0.15, -0.1) is 0 Å². The summed E-state index contributed by atoms with van der Waals surface area (Å²) in [6.45, 7) is 17.1. The maximum absolute atomic E-state index is 11.3. The van der Waals surface area contributed by atoms with Gasteiger partial charge >= 0.3 is 0 Å². The fraction of sp³-hybridized carbons (Fsp3) is 0.880. The second kappa shape index (κ2) is 25.1. The summed E-state index contributed by atoms with van der Waals surface area (Å²) in [5.41, 5.74) is 0. The quantitative estimate of drug-likeness (QED) is 0.246. The Bertz CT molecular complexity index is 525. The second-order valence-corrected chi connectivity index (χ2v) is 14.1. The molecule has 0 saturated carbocycles. The predicted octanol–water partition coefficient (Wildman–Crippen LogP) is 3.94. The van der Waals surface area contributed by atoms with Crippen LogP contribution in [0.15, 0.2) is 0 Å². The molecule has 3 unspecified atom stereocenters. The van der Waals surface area contributed by atoms with Gasteiger partial charge in [0.05, 0.1) is 0 Å². The van der Waals surface area contributed by atoms with Crippen LogP contribution in [-0.4, -0.2) is 123 Å². The van der Waals surface area contributed by atoms with Gasteiger partial charge in [0.15, 0.2) is 0 Å². The minimum atomic E-state index is -1.25. The van der Waals surface area contributed by atoms with E-state index in [0.29, 0.717) is 56.6 Å². The van der Waals surface area contributed by atoms with Crippen LogP contribution in [0.1, 0.15) is 67.7 Å². The molecule has 0 aromatic carbocycles. The number of carbonyl (C=O) groups is 3. The van der Waals surface area contributed by atoms with Crippen molar-refractivity contribution in [3.05, 3.63) is 0 Å². The molecule has 0 amide bonds. The zero-order valence-electron chi connectivity index (χ0n) is 24.4. The normalized spacial score (nSPS) is 18.0. The summed E-state index contributed by atoms with van der Waals surface area (Å²) < 4.78 is 0. The lowest BCUT2D eigenvalue weighted by Gasteiger charge is -2.28. The topological polar surface area (TPSA) is 122 Å². The van der Waals surface area contributed by atoms with Crippen LogP contribution < -0.4 is 0 Å². The molecule has 0 aromatic heterocycles. The number of hydrogen-bond acceptors (Lipinski definition) is 9. The van der Waals surface area contributed by atoms with Crippen LogP contribution in [0.4, 0.5) is 0 Å². The Morgan fingerprint density at radius 2 is 0.703 bits per heavy atom. The van der Waals surface area contributed by atoms with Gasteiger partial charge in [0.2, 0.25) is 0 Å². The Kier molecular flexibility index (Phi) is 26.5. The molecule has 37 heavy (non-hydrogen) atoms. The van der Waals surface area contributed by atoms with Gasteiger partial charge in [-0.25, -0.2) is 0 Å². The van der Waals surface area contributed by atoms with Crippen molar-refractivity contribution in [1.29, 1.82) is 0 Å². The molecule has 1 fully saturated rings. The van der Waals surface area contributed by atoms with E-state index >= 15 is 0 Å². The van der Waals surface area contributed by atoms with Gasteiger partial charge in [-0.05, 0) is 39.3 Å². The molecular formula is C25H54N3O6P3. The molecule has 9 nitrogen and oxygen atoms in total. The highest BCUT2D eigenvalue weighted by Crippen LogP contribution is 2.34. The van der Waals surface area contributed by atoms with Crippen LogP contribution in [0.2, 0.25) is 0 Å². The SMILES string of the molecule is CC.CC.CC(=O)CCP(O)CN1CCN(CP(O)CCC(C)=O)CCN(CP(O)CCC(C)=O)CC1. The van der Waals surface area contributed by atoms with Crippen LogP contribution in [-0.2, 0) is 14.4 Å². The second-order valence-electron chi connectivity index (χ2n) is 8.82. The Hall–Kier alpha value is 0.0600. The number of rotatable bonds is 15. The number of ketones is 3. The van der Waals surface area contributed by atoms with E-state index in [9.17, 15) is 29.1 Å². The summed E-state index contributed by atoms with van der Waals surface area (Å²) in [4.78, 5) is 71.8. The Balaban J connectivity index is 0. The van der Waals surface area contributed by atoms with E-state index in [2.05, 4.69) is 14.7 Å². The summed E-state index contributed by atoms with van der Waals surface area (Å²) in [5, 5.41) is 0. The first kappa shape index (κ1) is 39.2. The first-order chi connectivity index (χ1) is 17.5. The average Bonchev–Trinajstić information content (AvgIpc) is 2.94. The Morgan fingerprint density at radius 3 is 0.865 bits per heavy atom. The van der Waals surface area contributed by atoms with Crippen molar-refractivity contribution in [1.82, 2.24) is 14.7 Å². The summed E-state index contributed by atoms with van der Waals surface area (Å²) in [6.07, 6.45) is 4.33. The molecule has 1 aliphatic rings. The third kappa shape index (κ3) is 23.6. The van der Waals surface area contributed by atoms with Crippen LogP contribution in [0.5, 0.6) is 0 Å². The molecule has 0 aliphatic carbocycles. The number of hydrogen-bond donors (Lipinski definition) is 3. The van der Waals surface area contributed by atoms with Gasteiger partial charge in [-0.1, -0.05) is 27.7 Å². The average molecular weight is 586 g/mol. The highest BCUT2D eigenvalue weighted by molar-refractivity contribution is 7.52. The lowest BCUT2D eigenvalue weighted by atomic mass is 10.4. The Labute approximate surface area is 229 Å². The van der Waals surface area contributed by atoms with E-state index in [-0.39, 0.29) is 17.3 Å². The molecule has 3 atom stereocenters. The predicted molar refractivity (Wildman–Crippen MR) is 160 cm³/mol. The lowest BCUT2D eigenvalue weighted by molar-refractivity contribution is -0.117. The monoisotopic (exact) mass is 585 g/mol. The standard InChI is InChI=1S/C21H42N3O6P3.2C2H6/c1-19(25)4-13-31(28)16-22-7-9-23(17-32(29)14-5-20(2)26)11-12-24(10-8-22)18-33(30)15-6-21(3)27;2*1-2/h28-30H,4-18H2,1-3H3;2*1-2H3. The third-order valence-corrected chi connectivity index (χ3v) is 9.85. The fourth-order valence-electron chi connectivity index (χ4n) is 3.37. The minimum Gasteiger partial charge on any atom is -0.372 e. The first-order valence-corrected chi connectivity index (χ1v) is 18.5. The summed E-state index contributed by atoms with van der Waals surface area (Å²) >= 11 is 0. The first-order valence-electron chi connectivity index (χ1n) is 13.5.